The van der Waals surface area contributed by atoms with Crippen molar-refractivity contribution in [2.24, 2.45) is 5.41 Å². The molecule has 0 atom stereocenters. The number of nitrogens with zero attached hydrogens (tertiary/aromatic N) is 1. The van der Waals surface area contributed by atoms with E-state index < -0.39 is 17.0 Å². The molecule has 6 heteroatoms. The first-order chi connectivity index (χ1) is 12.6. The summed E-state index contributed by atoms with van der Waals surface area (Å²) in [6.45, 7) is 8.55. The Morgan fingerprint density at radius 3 is 2.33 bits per heavy atom. The number of aliphatic hydroxyl groups excluding tert-OH is 1. The second-order valence-electron chi connectivity index (χ2n) is 6.99. The Morgan fingerprint density at radius 1 is 1.04 bits per heavy atom. The van der Waals surface area contributed by atoms with Crippen molar-refractivity contribution in [3.05, 3.63) is 69.7 Å². The molecule has 0 saturated heterocycles. The Kier molecular flexibility index (Phi) is 4.74. The number of aliphatic hydroxyl groups is 1. The fraction of sp³-hybridized carbons (Fsp3) is 0.190. The summed E-state index contributed by atoms with van der Waals surface area (Å²) in [7, 11) is 0. The molecule has 0 amide bonds. The average molecular weight is 402 g/mol. The van der Waals surface area contributed by atoms with Gasteiger partial charge >= 0.3 is 0 Å². The van der Waals surface area contributed by atoms with Gasteiger partial charge in [0.1, 0.15) is 16.1 Å². The molecule has 0 bridgehead atoms. The Morgan fingerprint density at radius 2 is 1.70 bits per heavy atom. The molecule has 4 nitrogen and oxygen atoms in total. The van der Waals surface area contributed by atoms with Crippen molar-refractivity contribution in [2.75, 3.05) is 0 Å². The number of hydrogen-bond donors (Lipinski definition) is 1. The van der Waals surface area contributed by atoms with E-state index in [1.54, 1.807) is 18.2 Å². The van der Waals surface area contributed by atoms with Gasteiger partial charge in [-0.1, -0.05) is 41.9 Å². The van der Waals surface area contributed by atoms with E-state index in [-0.39, 0.29) is 27.2 Å². The molecule has 1 aliphatic rings. The van der Waals surface area contributed by atoms with E-state index in [2.05, 4.69) is 11.6 Å². The molecule has 3 rings (SSSR count). The lowest BCUT2D eigenvalue weighted by Gasteiger charge is -2.30. The monoisotopic (exact) mass is 401 g/mol. The van der Waals surface area contributed by atoms with Gasteiger partial charge in [0, 0.05) is 5.56 Å². The van der Waals surface area contributed by atoms with Crippen LogP contribution in [-0.2, 0) is 9.59 Å². The number of aromatic nitrogens is 1. The summed E-state index contributed by atoms with van der Waals surface area (Å²) in [5, 5.41) is 11.0. The molecule has 1 heterocycles. The fourth-order valence-corrected chi connectivity index (χ4v) is 3.55. The fourth-order valence-electron chi connectivity index (χ4n) is 3.10. The second kappa shape index (κ2) is 6.63. The molecular formula is C21H17Cl2NO3. The van der Waals surface area contributed by atoms with E-state index in [0.717, 1.165) is 5.56 Å². The van der Waals surface area contributed by atoms with Crippen LogP contribution in [0, 0.1) is 12.3 Å². The van der Waals surface area contributed by atoms with Crippen molar-refractivity contribution in [1.29, 1.82) is 0 Å². The highest BCUT2D eigenvalue weighted by atomic mass is 35.5. The van der Waals surface area contributed by atoms with Gasteiger partial charge in [-0.25, -0.2) is 4.98 Å². The van der Waals surface area contributed by atoms with Crippen molar-refractivity contribution >= 4 is 40.3 Å². The number of Topliss-reactive ketones (excluding diaryl/α,β-unsaturated/α-hetero) is 2. The van der Waals surface area contributed by atoms with Gasteiger partial charge in [-0.05, 0) is 55.7 Å². The second-order valence-corrected chi connectivity index (χ2v) is 7.73. The topological polar surface area (TPSA) is 67.3 Å². The molecule has 0 spiro atoms. The van der Waals surface area contributed by atoms with Gasteiger partial charge in [0.05, 0.1) is 16.6 Å². The number of rotatable bonds is 2. The zero-order valence-corrected chi connectivity index (χ0v) is 16.6. The van der Waals surface area contributed by atoms with Gasteiger partial charge in [-0.3, -0.25) is 9.59 Å². The van der Waals surface area contributed by atoms with Crippen LogP contribution in [-0.4, -0.2) is 21.7 Å². The first kappa shape index (κ1) is 19.3. The van der Waals surface area contributed by atoms with Crippen LogP contribution in [0.25, 0.3) is 16.7 Å². The predicted molar refractivity (Wildman–Crippen MR) is 107 cm³/mol. The average Bonchev–Trinajstić information content (AvgIpc) is 2.61. The number of carbonyl (C=O) groups is 2. The molecule has 2 aromatic rings. The van der Waals surface area contributed by atoms with E-state index in [0.29, 0.717) is 16.7 Å². The van der Waals surface area contributed by atoms with Gasteiger partial charge in [0.2, 0.25) is 0 Å². The minimum atomic E-state index is -1.29. The number of benzene rings is 1. The Balaban J connectivity index is 2.24. The lowest BCUT2D eigenvalue weighted by Crippen LogP contribution is -2.39. The van der Waals surface area contributed by atoms with Crippen LogP contribution in [0.15, 0.2) is 48.2 Å². The van der Waals surface area contributed by atoms with E-state index in [9.17, 15) is 14.7 Å². The first-order valence-electron chi connectivity index (χ1n) is 8.21. The third kappa shape index (κ3) is 3.09. The van der Waals surface area contributed by atoms with Crippen molar-refractivity contribution in [3.63, 3.8) is 0 Å². The quantitative estimate of drug-likeness (QED) is 0.417. The third-order valence-electron chi connectivity index (χ3n) is 4.79. The number of carbonyl (C=O) groups excluding carboxylic acids is 2. The minimum absolute atomic E-state index is 0.0643. The molecule has 1 N–H and O–H groups in total. The van der Waals surface area contributed by atoms with Crippen LogP contribution in [0.4, 0.5) is 0 Å². The highest BCUT2D eigenvalue weighted by molar-refractivity contribution is 6.37. The summed E-state index contributed by atoms with van der Waals surface area (Å²) in [4.78, 5) is 29.4. The number of pyridine rings is 1. The number of aryl methyl sites for hydroxylation is 1. The molecule has 27 heavy (non-hydrogen) atoms. The van der Waals surface area contributed by atoms with Gasteiger partial charge in [-0.2, -0.15) is 0 Å². The Labute approximate surface area is 167 Å². The Bertz CT molecular complexity index is 1050. The lowest BCUT2D eigenvalue weighted by atomic mass is 9.70. The summed E-state index contributed by atoms with van der Waals surface area (Å²) in [5.41, 5.74) is 1.36. The van der Waals surface area contributed by atoms with Gasteiger partial charge in [-0.15, -0.1) is 0 Å². The van der Waals surface area contributed by atoms with E-state index >= 15 is 0 Å². The number of hydrogen-bond acceptors (Lipinski definition) is 4. The first-order valence-corrected chi connectivity index (χ1v) is 8.97. The number of ketones is 2. The van der Waals surface area contributed by atoms with Crippen LogP contribution in [0.2, 0.25) is 10.3 Å². The highest BCUT2D eigenvalue weighted by Crippen LogP contribution is 2.41. The molecule has 0 fully saturated rings. The molecular weight excluding hydrogens is 385 g/mol. The molecule has 0 unspecified atom stereocenters. The maximum absolute atomic E-state index is 13.0. The summed E-state index contributed by atoms with van der Waals surface area (Å²) in [6.07, 6.45) is 0. The molecule has 138 valence electrons. The highest BCUT2D eigenvalue weighted by Gasteiger charge is 2.46. The van der Waals surface area contributed by atoms with Crippen molar-refractivity contribution in [1.82, 2.24) is 4.98 Å². The van der Waals surface area contributed by atoms with E-state index in [1.807, 2.05) is 19.1 Å². The zero-order chi connectivity index (χ0) is 20.1. The predicted octanol–water partition coefficient (Wildman–Crippen LogP) is 5.37. The Hall–Kier alpha value is -2.43. The standard InChI is InChI=1S/C21H17Cl2NO3/c1-10-5-6-12(13-7-8-15(22)24-20(13)23)9-14(10)16-17(25)11(2)18(26)21(3,4)19(16)27/h5-9,25H,2H2,1,3-4H3. The van der Waals surface area contributed by atoms with Crippen molar-refractivity contribution in [2.45, 2.75) is 20.8 Å². The SMILES string of the molecule is C=C1C(=O)C(C)(C)C(=O)C(c2cc(-c3ccc(Cl)nc3Cl)ccc2C)=C1O. The molecule has 1 aromatic heterocycles. The van der Waals surface area contributed by atoms with Crippen LogP contribution >= 0.6 is 23.2 Å². The molecule has 1 aliphatic carbocycles. The van der Waals surface area contributed by atoms with Crippen LogP contribution < -0.4 is 0 Å². The van der Waals surface area contributed by atoms with Crippen LogP contribution in [0.3, 0.4) is 0 Å². The zero-order valence-electron chi connectivity index (χ0n) is 15.1. The minimum Gasteiger partial charge on any atom is -0.506 e. The summed E-state index contributed by atoms with van der Waals surface area (Å²) in [6, 6.07) is 8.75. The van der Waals surface area contributed by atoms with Crippen molar-refractivity contribution in [3.8, 4) is 11.1 Å². The van der Waals surface area contributed by atoms with Gasteiger partial charge in [0.15, 0.2) is 11.6 Å². The lowest BCUT2D eigenvalue weighted by molar-refractivity contribution is -0.133. The van der Waals surface area contributed by atoms with E-state index in [1.165, 1.54) is 13.8 Å². The number of halogens is 2. The van der Waals surface area contributed by atoms with Crippen molar-refractivity contribution < 1.29 is 14.7 Å². The summed E-state index contributed by atoms with van der Waals surface area (Å²) < 4.78 is 0. The normalized spacial score (nSPS) is 16.9. The molecule has 0 saturated carbocycles. The van der Waals surface area contributed by atoms with E-state index in [4.69, 9.17) is 23.2 Å². The van der Waals surface area contributed by atoms with Crippen LogP contribution in [0.1, 0.15) is 25.0 Å². The summed E-state index contributed by atoms with van der Waals surface area (Å²) in [5.74, 6) is -1.31. The molecule has 0 aliphatic heterocycles. The summed E-state index contributed by atoms with van der Waals surface area (Å²) >= 11 is 12.1. The third-order valence-corrected chi connectivity index (χ3v) is 5.29. The molecule has 0 radical (unpaired) electrons. The maximum Gasteiger partial charge on any atom is 0.180 e. The van der Waals surface area contributed by atoms with Gasteiger partial charge < -0.3 is 5.11 Å². The van der Waals surface area contributed by atoms with Crippen LogP contribution in [0.5, 0.6) is 0 Å². The largest absolute Gasteiger partial charge is 0.506 e. The molecule has 1 aromatic carbocycles. The number of allylic oxidation sites excluding steroid dienone is 2. The maximum atomic E-state index is 13.0. The van der Waals surface area contributed by atoms with Gasteiger partial charge in [0.25, 0.3) is 0 Å². The smallest absolute Gasteiger partial charge is 0.180 e.